The van der Waals surface area contributed by atoms with Crippen LogP contribution in [0.1, 0.15) is 6.92 Å². The van der Waals surface area contributed by atoms with E-state index in [9.17, 15) is 13.9 Å². The predicted octanol–water partition coefficient (Wildman–Crippen LogP) is -0.306. The molecule has 15 heavy (non-hydrogen) atoms. The Bertz CT molecular complexity index is 221. The van der Waals surface area contributed by atoms with Gasteiger partial charge in [0.15, 0.2) is 0 Å². The van der Waals surface area contributed by atoms with Gasteiger partial charge in [0.05, 0.1) is 5.92 Å². The molecular formula is C5H15NO7P2. The highest BCUT2D eigenvalue weighted by Gasteiger charge is 2.07. The lowest BCUT2D eigenvalue weighted by molar-refractivity contribution is -0.140. The lowest BCUT2D eigenvalue weighted by Gasteiger charge is -2.01. The molecule has 0 saturated heterocycles. The normalized spacial score (nSPS) is 15.7. The van der Waals surface area contributed by atoms with Crippen LogP contribution < -0.4 is 5.32 Å². The summed E-state index contributed by atoms with van der Waals surface area (Å²) >= 11 is 0. The lowest BCUT2D eigenvalue weighted by Crippen LogP contribution is -2.22. The van der Waals surface area contributed by atoms with Crippen LogP contribution in [0.15, 0.2) is 0 Å². The molecule has 4 N–H and O–H groups in total. The highest BCUT2D eigenvalue weighted by molar-refractivity contribution is 7.46. The third kappa shape index (κ3) is 16.4. The van der Waals surface area contributed by atoms with Gasteiger partial charge in [-0.05, 0) is 7.05 Å². The Morgan fingerprint density at radius 2 is 1.80 bits per heavy atom. The molecule has 0 aliphatic carbocycles. The highest BCUT2D eigenvalue weighted by atomic mass is 31.2. The zero-order valence-corrected chi connectivity index (χ0v) is 10.3. The zero-order chi connectivity index (χ0) is 12.4. The zero-order valence-electron chi connectivity index (χ0n) is 8.26. The molecule has 92 valence electrons. The molecule has 8 nitrogen and oxygen atoms in total. The van der Waals surface area contributed by atoms with E-state index in [2.05, 4.69) is 9.63 Å². The van der Waals surface area contributed by atoms with Crippen LogP contribution in [0.2, 0.25) is 0 Å². The molecule has 10 heteroatoms. The van der Waals surface area contributed by atoms with Crippen LogP contribution in [0.25, 0.3) is 0 Å². The largest absolute Gasteiger partial charge is 0.481 e. The van der Waals surface area contributed by atoms with Gasteiger partial charge >= 0.3 is 22.5 Å². The van der Waals surface area contributed by atoms with E-state index >= 15 is 0 Å². The standard InChI is InChI=1S/C5H11NO2.H4O5P2/c1-4(3-6-2)5(7)8;1-6(2)5-7(3)4/h4,6H,3H2,1-2H3,(H,7,8);6-7H,(H,1,2)(H,3,4). The first-order valence-corrected chi connectivity index (χ1v) is 6.35. The van der Waals surface area contributed by atoms with E-state index in [-0.39, 0.29) is 5.92 Å². The molecule has 0 fully saturated rings. The maximum Gasteiger partial charge on any atom is 0.323 e. The van der Waals surface area contributed by atoms with Crippen molar-refractivity contribution in [2.45, 2.75) is 6.92 Å². The molecule has 0 amide bonds. The summed E-state index contributed by atoms with van der Waals surface area (Å²) in [5.41, 5.74) is 0. The van der Waals surface area contributed by atoms with E-state index in [4.69, 9.17) is 14.9 Å². The smallest absolute Gasteiger partial charge is 0.323 e. The van der Waals surface area contributed by atoms with E-state index in [1.165, 1.54) is 0 Å². The quantitative estimate of drug-likeness (QED) is 0.496. The van der Waals surface area contributed by atoms with E-state index in [1.54, 1.807) is 14.0 Å². The molecule has 0 aromatic rings. The van der Waals surface area contributed by atoms with Crippen molar-refractivity contribution in [2.24, 2.45) is 5.92 Å². The SMILES string of the molecule is CNCC(C)C(=O)O.O=[PH](O)O[PH](=O)O. The monoisotopic (exact) mass is 263 g/mol. The first-order valence-electron chi connectivity index (χ1n) is 3.82. The Labute approximate surface area is 88.2 Å². The number of aliphatic carboxylic acids is 1. The summed E-state index contributed by atoms with van der Waals surface area (Å²) in [4.78, 5) is 25.5. The second kappa shape index (κ2) is 10.3. The fourth-order valence-electron chi connectivity index (χ4n) is 0.468. The maximum absolute atomic E-state index is 10.0. The third-order valence-electron chi connectivity index (χ3n) is 1.11. The number of hydrogen-bond acceptors (Lipinski definition) is 5. The molecule has 0 rings (SSSR count). The molecule has 3 atom stereocenters. The van der Waals surface area contributed by atoms with Crippen molar-refractivity contribution in [3.63, 3.8) is 0 Å². The van der Waals surface area contributed by atoms with Gasteiger partial charge in [0.25, 0.3) is 0 Å². The molecule has 0 heterocycles. The van der Waals surface area contributed by atoms with Crippen LogP contribution >= 0.6 is 16.5 Å². The second-order valence-electron chi connectivity index (χ2n) is 2.43. The number of hydrogen-bond donors (Lipinski definition) is 4. The van der Waals surface area contributed by atoms with Gasteiger partial charge in [-0.2, -0.15) is 0 Å². The minimum Gasteiger partial charge on any atom is -0.481 e. The molecule has 0 saturated carbocycles. The fourth-order valence-corrected chi connectivity index (χ4v) is 1.07. The minimum atomic E-state index is -3.20. The van der Waals surface area contributed by atoms with E-state index in [0.717, 1.165) is 0 Å². The summed E-state index contributed by atoms with van der Waals surface area (Å²) in [6, 6.07) is 0. The molecule has 0 bridgehead atoms. The molecule has 0 radical (unpaired) electrons. The number of carbonyl (C=O) groups is 1. The summed E-state index contributed by atoms with van der Waals surface area (Å²) in [6.45, 7) is 2.20. The third-order valence-corrected chi connectivity index (χ3v) is 2.50. The van der Waals surface area contributed by atoms with Gasteiger partial charge in [0.2, 0.25) is 0 Å². The first-order chi connectivity index (χ1) is 6.81. The van der Waals surface area contributed by atoms with Gasteiger partial charge in [0.1, 0.15) is 0 Å². The van der Waals surface area contributed by atoms with Gasteiger partial charge in [-0.15, -0.1) is 0 Å². The summed E-state index contributed by atoms with van der Waals surface area (Å²) in [5.74, 6) is -1.03. The van der Waals surface area contributed by atoms with Crippen LogP contribution in [-0.4, -0.2) is 34.5 Å². The number of carboxylic acid groups (broad SMARTS) is 1. The Morgan fingerprint density at radius 1 is 1.40 bits per heavy atom. The van der Waals surface area contributed by atoms with Gasteiger partial charge in [-0.3, -0.25) is 13.9 Å². The molecule has 0 spiro atoms. The number of rotatable bonds is 5. The number of nitrogens with one attached hydrogen (secondary N) is 1. The van der Waals surface area contributed by atoms with Crippen LogP contribution in [-0.2, 0) is 18.2 Å². The average molecular weight is 263 g/mol. The Hall–Kier alpha value is -0.230. The molecule has 0 aliphatic rings. The van der Waals surface area contributed by atoms with Crippen molar-refractivity contribution < 1.29 is 33.1 Å². The van der Waals surface area contributed by atoms with Gasteiger partial charge < -0.3 is 20.2 Å². The number of carboxylic acids is 1. The van der Waals surface area contributed by atoms with E-state index < -0.39 is 22.5 Å². The summed E-state index contributed by atoms with van der Waals surface area (Å²) in [5, 5.41) is 11.0. The molecule has 0 aromatic carbocycles. The summed E-state index contributed by atoms with van der Waals surface area (Å²) in [7, 11) is -4.67. The van der Waals surface area contributed by atoms with Crippen molar-refractivity contribution in [1.82, 2.24) is 5.32 Å². The van der Waals surface area contributed by atoms with Gasteiger partial charge in [-0.1, -0.05) is 6.92 Å². The molecule has 0 aromatic heterocycles. The molecular weight excluding hydrogens is 248 g/mol. The van der Waals surface area contributed by atoms with E-state index in [1.807, 2.05) is 0 Å². The maximum atomic E-state index is 10.0. The fraction of sp³-hybridized carbons (Fsp3) is 0.800. The Morgan fingerprint density at radius 3 is 1.87 bits per heavy atom. The first kappa shape index (κ1) is 17.2. The van der Waals surface area contributed by atoms with Gasteiger partial charge in [-0.25, -0.2) is 4.31 Å². The summed E-state index contributed by atoms with van der Waals surface area (Å²) < 4.78 is 22.3. The highest BCUT2D eigenvalue weighted by Crippen LogP contribution is 2.30. The van der Waals surface area contributed by atoms with Crippen molar-refractivity contribution in [1.29, 1.82) is 0 Å². The average Bonchev–Trinajstić information content (AvgIpc) is 2.02. The summed E-state index contributed by atoms with van der Waals surface area (Å²) in [6.07, 6.45) is 0. The van der Waals surface area contributed by atoms with Crippen LogP contribution in [0.3, 0.4) is 0 Å². The van der Waals surface area contributed by atoms with Crippen molar-refractivity contribution in [3.8, 4) is 0 Å². The van der Waals surface area contributed by atoms with Crippen molar-refractivity contribution in [2.75, 3.05) is 13.6 Å². The minimum absolute atomic E-state index is 0.278. The van der Waals surface area contributed by atoms with Crippen LogP contribution in [0.5, 0.6) is 0 Å². The topological polar surface area (TPSA) is 133 Å². The van der Waals surface area contributed by atoms with Crippen LogP contribution in [0.4, 0.5) is 0 Å². The Kier molecular flexibility index (Phi) is 11.8. The van der Waals surface area contributed by atoms with Crippen molar-refractivity contribution >= 4 is 22.5 Å². The van der Waals surface area contributed by atoms with Crippen molar-refractivity contribution in [3.05, 3.63) is 0 Å². The molecule has 3 unspecified atom stereocenters. The lowest BCUT2D eigenvalue weighted by atomic mass is 10.2. The van der Waals surface area contributed by atoms with Crippen LogP contribution in [0, 0.1) is 5.92 Å². The van der Waals surface area contributed by atoms with Gasteiger partial charge in [0, 0.05) is 6.54 Å². The van der Waals surface area contributed by atoms with E-state index in [0.29, 0.717) is 6.54 Å². The predicted molar refractivity (Wildman–Crippen MR) is 54.3 cm³/mol. The Balaban J connectivity index is 0. The second-order valence-corrected chi connectivity index (χ2v) is 4.31. The molecule has 0 aliphatic heterocycles.